The van der Waals surface area contributed by atoms with Crippen LogP contribution in [0.15, 0.2) is 48.7 Å². The fourth-order valence-electron chi connectivity index (χ4n) is 4.44. The van der Waals surface area contributed by atoms with E-state index in [-0.39, 0.29) is 5.82 Å². The summed E-state index contributed by atoms with van der Waals surface area (Å²) in [6, 6.07) is 12.9. The predicted molar refractivity (Wildman–Crippen MR) is 133 cm³/mol. The summed E-state index contributed by atoms with van der Waals surface area (Å²) in [6.07, 6.45) is 9.09. The molecule has 0 fully saturated rings. The Bertz CT molecular complexity index is 1050. The lowest BCUT2D eigenvalue weighted by Crippen LogP contribution is -2.25. The van der Waals surface area contributed by atoms with Crippen LogP contribution in [0.4, 0.5) is 4.39 Å². The summed E-state index contributed by atoms with van der Waals surface area (Å²) in [4.78, 5) is 7.26. The largest absolute Gasteiger partial charge is 0.454 e. The molecule has 0 unspecified atom stereocenters. The quantitative estimate of drug-likeness (QED) is 0.260. The van der Waals surface area contributed by atoms with Crippen molar-refractivity contribution in [2.24, 2.45) is 0 Å². The van der Waals surface area contributed by atoms with Crippen molar-refractivity contribution in [3.8, 4) is 22.9 Å². The number of imidazole rings is 1. The highest BCUT2D eigenvalue weighted by molar-refractivity contribution is 5.56. The second-order valence-corrected chi connectivity index (χ2v) is 9.04. The minimum absolute atomic E-state index is 0.224. The number of aromatic nitrogens is 2. The Hall–Kier alpha value is -2.86. The van der Waals surface area contributed by atoms with E-state index < -0.39 is 0 Å². The molecule has 182 valence electrons. The highest BCUT2D eigenvalue weighted by atomic mass is 19.1. The average Bonchev–Trinajstić information content (AvgIpc) is 3.47. The average molecular weight is 466 g/mol. The molecule has 0 amide bonds. The third-order valence-corrected chi connectivity index (χ3v) is 6.33. The number of unbranched alkanes of at least 4 members (excludes halogenated alkanes) is 4. The number of hydrogen-bond donors (Lipinski definition) is 0. The van der Waals surface area contributed by atoms with Crippen LogP contribution < -0.4 is 9.47 Å². The lowest BCUT2D eigenvalue weighted by atomic mass is 10.1. The van der Waals surface area contributed by atoms with E-state index in [0.717, 1.165) is 61.9 Å². The lowest BCUT2D eigenvalue weighted by Gasteiger charge is -2.24. The summed E-state index contributed by atoms with van der Waals surface area (Å²) >= 11 is 0. The van der Waals surface area contributed by atoms with Gasteiger partial charge >= 0.3 is 0 Å². The van der Waals surface area contributed by atoms with Gasteiger partial charge in [0.25, 0.3) is 0 Å². The molecular weight excluding hydrogens is 429 g/mol. The minimum Gasteiger partial charge on any atom is -0.454 e. The van der Waals surface area contributed by atoms with Crippen molar-refractivity contribution >= 4 is 0 Å². The Morgan fingerprint density at radius 1 is 0.912 bits per heavy atom. The standard InChI is InChI=1S/C28H36FN3O2/c1-3-5-7-8-15-31(19-22-9-14-26-27(17-22)34-21-33-26)20-25-18-30-28(32(25)16-6-4-2)23-10-12-24(29)13-11-23/h9-14,17-18H,3-8,15-16,19-21H2,1-2H3. The molecule has 0 radical (unpaired) electrons. The second-order valence-electron chi connectivity index (χ2n) is 9.04. The normalized spacial score (nSPS) is 12.6. The van der Waals surface area contributed by atoms with Gasteiger partial charge in [0.1, 0.15) is 11.6 Å². The molecule has 0 saturated carbocycles. The van der Waals surface area contributed by atoms with Crippen molar-refractivity contribution in [3.05, 3.63) is 65.7 Å². The number of rotatable bonds is 13. The molecule has 2 aromatic carbocycles. The zero-order valence-electron chi connectivity index (χ0n) is 20.4. The van der Waals surface area contributed by atoms with Crippen molar-refractivity contribution < 1.29 is 13.9 Å². The summed E-state index contributed by atoms with van der Waals surface area (Å²) in [5.41, 5.74) is 3.37. The zero-order chi connectivity index (χ0) is 23.8. The summed E-state index contributed by atoms with van der Waals surface area (Å²) in [5.74, 6) is 2.34. The maximum absolute atomic E-state index is 13.5. The van der Waals surface area contributed by atoms with Crippen LogP contribution in [0.1, 0.15) is 63.6 Å². The minimum atomic E-state index is -0.224. The monoisotopic (exact) mass is 465 g/mol. The van der Waals surface area contributed by atoms with Gasteiger partial charge in [-0.1, -0.05) is 45.6 Å². The second kappa shape index (κ2) is 12.0. The van der Waals surface area contributed by atoms with E-state index in [2.05, 4.69) is 35.4 Å². The molecule has 5 nitrogen and oxygen atoms in total. The fraction of sp³-hybridized carbons (Fsp3) is 0.464. The van der Waals surface area contributed by atoms with Crippen molar-refractivity contribution in [1.82, 2.24) is 14.5 Å². The van der Waals surface area contributed by atoms with Gasteiger partial charge in [-0.25, -0.2) is 9.37 Å². The van der Waals surface area contributed by atoms with Gasteiger partial charge in [-0.3, -0.25) is 4.90 Å². The molecular formula is C28H36FN3O2. The Labute approximate surface area is 202 Å². The lowest BCUT2D eigenvalue weighted by molar-refractivity contribution is 0.174. The van der Waals surface area contributed by atoms with Crippen molar-refractivity contribution in [2.45, 2.75) is 72.0 Å². The SMILES string of the molecule is CCCCCCN(Cc1ccc2c(c1)OCO2)Cc1cnc(-c2ccc(F)cc2)n1CCCC. The van der Waals surface area contributed by atoms with Gasteiger partial charge in [-0.15, -0.1) is 0 Å². The van der Waals surface area contributed by atoms with E-state index in [1.54, 1.807) is 0 Å². The first kappa shape index (κ1) is 24.3. The van der Waals surface area contributed by atoms with Crippen LogP contribution in [-0.4, -0.2) is 27.8 Å². The fourth-order valence-corrected chi connectivity index (χ4v) is 4.44. The zero-order valence-corrected chi connectivity index (χ0v) is 20.4. The van der Waals surface area contributed by atoms with Gasteiger partial charge in [0.2, 0.25) is 6.79 Å². The van der Waals surface area contributed by atoms with Gasteiger partial charge in [0.05, 0.1) is 11.9 Å². The highest BCUT2D eigenvalue weighted by Crippen LogP contribution is 2.33. The molecule has 4 rings (SSSR count). The Kier molecular flexibility index (Phi) is 8.58. The maximum Gasteiger partial charge on any atom is 0.231 e. The number of nitrogens with zero attached hydrogens (tertiary/aromatic N) is 3. The number of halogens is 1. The van der Waals surface area contributed by atoms with Crippen LogP contribution >= 0.6 is 0 Å². The van der Waals surface area contributed by atoms with E-state index in [1.807, 2.05) is 24.4 Å². The van der Waals surface area contributed by atoms with Crippen molar-refractivity contribution in [2.75, 3.05) is 13.3 Å². The van der Waals surface area contributed by atoms with E-state index >= 15 is 0 Å². The topological polar surface area (TPSA) is 39.5 Å². The summed E-state index contributed by atoms with van der Waals surface area (Å²) in [5, 5.41) is 0. The highest BCUT2D eigenvalue weighted by Gasteiger charge is 2.18. The Balaban J connectivity index is 1.55. The van der Waals surface area contributed by atoms with Gasteiger partial charge in [0.15, 0.2) is 11.5 Å². The molecule has 1 aromatic heterocycles. The van der Waals surface area contributed by atoms with Crippen LogP contribution in [-0.2, 0) is 19.6 Å². The third kappa shape index (κ3) is 6.17. The smallest absolute Gasteiger partial charge is 0.231 e. The van der Waals surface area contributed by atoms with Crippen molar-refractivity contribution in [3.63, 3.8) is 0 Å². The molecule has 2 heterocycles. The number of ether oxygens (including phenoxy) is 2. The first-order valence-corrected chi connectivity index (χ1v) is 12.6. The number of fused-ring (bicyclic) bond motifs is 1. The summed E-state index contributed by atoms with van der Waals surface area (Å²) in [7, 11) is 0. The third-order valence-electron chi connectivity index (χ3n) is 6.33. The molecule has 34 heavy (non-hydrogen) atoms. The molecule has 0 spiro atoms. The predicted octanol–water partition coefficient (Wildman–Crippen LogP) is 6.80. The Morgan fingerprint density at radius 2 is 1.71 bits per heavy atom. The van der Waals surface area contributed by atoms with Gasteiger partial charge in [-0.05, 0) is 61.3 Å². The van der Waals surface area contributed by atoms with E-state index in [1.165, 1.54) is 49.1 Å². The Morgan fingerprint density at radius 3 is 2.50 bits per heavy atom. The van der Waals surface area contributed by atoms with Crippen LogP contribution in [0.3, 0.4) is 0 Å². The molecule has 0 aliphatic carbocycles. The molecule has 0 N–H and O–H groups in total. The van der Waals surface area contributed by atoms with E-state index in [0.29, 0.717) is 6.79 Å². The van der Waals surface area contributed by atoms with Gasteiger partial charge in [-0.2, -0.15) is 0 Å². The molecule has 0 bridgehead atoms. The van der Waals surface area contributed by atoms with Crippen LogP contribution in [0, 0.1) is 5.82 Å². The molecule has 6 heteroatoms. The van der Waals surface area contributed by atoms with E-state index in [4.69, 9.17) is 14.5 Å². The van der Waals surface area contributed by atoms with Crippen molar-refractivity contribution in [1.29, 1.82) is 0 Å². The number of hydrogen-bond acceptors (Lipinski definition) is 4. The molecule has 1 aliphatic rings. The summed E-state index contributed by atoms with van der Waals surface area (Å²) < 4.78 is 26.9. The molecule has 0 saturated heterocycles. The number of benzene rings is 2. The van der Waals surface area contributed by atoms with Crippen LogP contribution in [0.2, 0.25) is 0 Å². The van der Waals surface area contributed by atoms with Crippen LogP contribution in [0.5, 0.6) is 11.5 Å². The molecule has 0 atom stereocenters. The molecule has 1 aliphatic heterocycles. The van der Waals surface area contributed by atoms with Crippen LogP contribution in [0.25, 0.3) is 11.4 Å². The maximum atomic E-state index is 13.5. The summed E-state index contributed by atoms with van der Waals surface area (Å²) in [6.45, 7) is 8.33. The first-order chi connectivity index (χ1) is 16.7. The van der Waals surface area contributed by atoms with Gasteiger partial charge in [0, 0.05) is 25.2 Å². The molecule has 3 aromatic rings. The van der Waals surface area contributed by atoms with E-state index in [9.17, 15) is 4.39 Å². The van der Waals surface area contributed by atoms with Gasteiger partial charge < -0.3 is 14.0 Å². The first-order valence-electron chi connectivity index (χ1n) is 12.6.